The Kier molecular flexibility index (Phi) is 5.09. The molecule has 0 aromatic heterocycles. The summed E-state index contributed by atoms with van der Waals surface area (Å²) in [6, 6.07) is 5.33. The summed E-state index contributed by atoms with van der Waals surface area (Å²) >= 11 is 0. The topological polar surface area (TPSA) is 21.3 Å². The Bertz CT molecular complexity index is 363. The highest BCUT2D eigenvalue weighted by molar-refractivity contribution is 5.23. The first-order chi connectivity index (χ1) is 7.94. The Morgan fingerprint density at radius 1 is 1.35 bits per heavy atom. The quantitative estimate of drug-likeness (QED) is 0.824. The first kappa shape index (κ1) is 14.1. The van der Waals surface area contributed by atoms with Gasteiger partial charge in [0, 0.05) is 19.7 Å². The molecule has 1 aromatic carbocycles. The van der Waals surface area contributed by atoms with Crippen LogP contribution in [0.25, 0.3) is 0 Å². The molecule has 0 radical (unpaired) electrons. The average molecular weight is 239 g/mol. The van der Waals surface area contributed by atoms with Crippen molar-refractivity contribution in [3.63, 3.8) is 0 Å². The van der Waals surface area contributed by atoms with Crippen molar-refractivity contribution < 1.29 is 9.13 Å². The van der Waals surface area contributed by atoms with Crippen molar-refractivity contribution in [3.05, 3.63) is 35.1 Å². The third-order valence-corrected chi connectivity index (χ3v) is 2.65. The van der Waals surface area contributed by atoms with Crippen molar-refractivity contribution >= 4 is 0 Å². The van der Waals surface area contributed by atoms with Gasteiger partial charge in [-0.25, -0.2) is 4.39 Å². The minimum atomic E-state index is -0.183. The zero-order valence-electron chi connectivity index (χ0n) is 11.1. The van der Waals surface area contributed by atoms with E-state index in [0.29, 0.717) is 18.7 Å². The highest BCUT2D eigenvalue weighted by Crippen LogP contribution is 2.10. The van der Waals surface area contributed by atoms with Gasteiger partial charge in [0.2, 0.25) is 0 Å². The molecule has 0 atom stereocenters. The molecule has 0 fully saturated rings. The van der Waals surface area contributed by atoms with Crippen molar-refractivity contribution in [2.24, 2.45) is 0 Å². The minimum absolute atomic E-state index is 0.145. The van der Waals surface area contributed by atoms with Crippen molar-refractivity contribution in [2.45, 2.75) is 39.8 Å². The summed E-state index contributed by atoms with van der Waals surface area (Å²) < 4.78 is 18.9. The number of hydrogen-bond donors (Lipinski definition) is 1. The zero-order valence-corrected chi connectivity index (χ0v) is 11.1. The third kappa shape index (κ3) is 4.84. The van der Waals surface area contributed by atoms with Crippen molar-refractivity contribution in [1.29, 1.82) is 0 Å². The van der Waals surface area contributed by atoms with Crippen LogP contribution in [0.5, 0.6) is 0 Å². The molecule has 1 N–H and O–H groups in total. The molecule has 2 nitrogen and oxygen atoms in total. The summed E-state index contributed by atoms with van der Waals surface area (Å²) in [7, 11) is 0. The van der Waals surface area contributed by atoms with Crippen molar-refractivity contribution in [2.75, 3.05) is 13.2 Å². The largest absolute Gasteiger partial charge is 0.375 e. The zero-order chi connectivity index (χ0) is 12.9. The normalized spacial score (nSPS) is 11.8. The SMILES string of the molecule is CCOC(C)(C)CNCc1ccc(C)c(F)c1. The van der Waals surface area contributed by atoms with Gasteiger partial charge in [0.15, 0.2) is 0 Å². The van der Waals surface area contributed by atoms with Gasteiger partial charge in [0.25, 0.3) is 0 Å². The van der Waals surface area contributed by atoms with Crippen LogP contribution in [0.3, 0.4) is 0 Å². The van der Waals surface area contributed by atoms with Crippen LogP contribution in [0.4, 0.5) is 4.39 Å². The smallest absolute Gasteiger partial charge is 0.126 e. The van der Waals surface area contributed by atoms with Gasteiger partial charge in [-0.3, -0.25) is 0 Å². The maximum atomic E-state index is 13.3. The van der Waals surface area contributed by atoms with E-state index < -0.39 is 0 Å². The Hall–Kier alpha value is -0.930. The van der Waals surface area contributed by atoms with E-state index in [9.17, 15) is 4.39 Å². The highest BCUT2D eigenvalue weighted by atomic mass is 19.1. The van der Waals surface area contributed by atoms with Crippen LogP contribution < -0.4 is 5.32 Å². The molecule has 0 spiro atoms. The van der Waals surface area contributed by atoms with Crippen molar-refractivity contribution in [1.82, 2.24) is 5.32 Å². The van der Waals surface area contributed by atoms with E-state index in [0.717, 1.165) is 12.1 Å². The second-order valence-corrected chi connectivity index (χ2v) is 4.88. The number of rotatable bonds is 6. The Balaban J connectivity index is 2.43. The summed E-state index contributed by atoms with van der Waals surface area (Å²) in [4.78, 5) is 0. The monoisotopic (exact) mass is 239 g/mol. The number of ether oxygens (including phenoxy) is 1. The Labute approximate surface area is 103 Å². The fourth-order valence-electron chi connectivity index (χ4n) is 1.70. The first-order valence-electron chi connectivity index (χ1n) is 6.04. The van der Waals surface area contributed by atoms with Gasteiger partial charge < -0.3 is 10.1 Å². The summed E-state index contributed by atoms with van der Waals surface area (Å²) in [6.07, 6.45) is 0. The minimum Gasteiger partial charge on any atom is -0.375 e. The standard InChI is InChI=1S/C14H22FNO/c1-5-17-14(3,4)10-16-9-12-7-6-11(2)13(15)8-12/h6-8,16H,5,9-10H2,1-4H3. The van der Waals surface area contributed by atoms with Crippen molar-refractivity contribution in [3.8, 4) is 0 Å². The second kappa shape index (κ2) is 6.12. The summed E-state index contributed by atoms with van der Waals surface area (Å²) in [5.74, 6) is -0.145. The molecule has 96 valence electrons. The molecule has 1 aromatic rings. The molecule has 0 aliphatic carbocycles. The maximum absolute atomic E-state index is 13.3. The van der Waals surface area contributed by atoms with Crippen LogP contribution >= 0.6 is 0 Å². The van der Waals surface area contributed by atoms with Gasteiger partial charge >= 0.3 is 0 Å². The van der Waals surface area contributed by atoms with Gasteiger partial charge in [-0.2, -0.15) is 0 Å². The van der Waals surface area contributed by atoms with Gasteiger partial charge in [-0.1, -0.05) is 12.1 Å². The molecule has 17 heavy (non-hydrogen) atoms. The Morgan fingerprint density at radius 2 is 2.06 bits per heavy atom. The lowest BCUT2D eigenvalue weighted by molar-refractivity contribution is -0.00897. The van der Waals surface area contributed by atoms with E-state index in [4.69, 9.17) is 4.74 Å². The van der Waals surface area contributed by atoms with Gasteiger partial charge in [0.05, 0.1) is 5.60 Å². The molecular weight excluding hydrogens is 217 g/mol. The number of hydrogen-bond acceptors (Lipinski definition) is 2. The van der Waals surface area contributed by atoms with E-state index in [1.807, 2.05) is 26.8 Å². The summed E-state index contributed by atoms with van der Waals surface area (Å²) in [5.41, 5.74) is 1.46. The molecule has 0 heterocycles. The third-order valence-electron chi connectivity index (χ3n) is 2.65. The lowest BCUT2D eigenvalue weighted by Crippen LogP contribution is -2.37. The molecule has 0 aliphatic heterocycles. The molecule has 0 saturated heterocycles. The summed E-state index contributed by atoms with van der Waals surface area (Å²) in [6.45, 7) is 9.94. The number of halogens is 1. The van der Waals surface area contributed by atoms with E-state index in [1.54, 1.807) is 19.1 Å². The number of nitrogens with one attached hydrogen (secondary N) is 1. The highest BCUT2D eigenvalue weighted by Gasteiger charge is 2.16. The second-order valence-electron chi connectivity index (χ2n) is 4.88. The molecule has 0 bridgehead atoms. The van der Waals surface area contributed by atoms with E-state index in [2.05, 4.69) is 5.32 Å². The summed E-state index contributed by atoms with van der Waals surface area (Å²) in [5, 5.41) is 3.28. The molecule has 1 rings (SSSR count). The fourth-order valence-corrected chi connectivity index (χ4v) is 1.70. The predicted molar refractivity (Wildman–Crippen MR) is 68.5 cm³/mol. The van der Waals surface area contributed by atoms with Crippen LogP contribution in [0.15, 0.2) is 18.2 Å². The molecule has 0 saturated carbocycles. The van der Waals surface area contributed by atoms with Crippen LogP contribution in [0.1, 0.15) is 31.9 Å². The van der Waals surface area contributed by atoms with Crippen LogP contribution in [-0.4, -0.2) is 18.8 Å². The van der Waals surface area contributed by atoms with Gasteiger partial charge in [0.1, 0.15) is 5.82 Å². The molecule has 0 aliphatic rings. The molecule has 3 heteroatoms. The Morgan fingerprint density at radius 3 is 2.65 bits per heavy atom. The lowest BCUT2D eigenvalue weighted by atomic mass is 10.1. The van der Waals surface area contributed by atoms with Gasteiger partial charge in [-0.05, 0) is 44.9 Å². The van der Waals surface area contributed by atoms with E-state index >= 15 is 0 Å². The average Bonchev–Trinajstić information content (AvgIpc) is 2.23. The van der Waals surface area contributed by atoms with Crippen LogP contribution in [0.2, 0.25) is 0 Å². The lowest BCUT2D eigenvalue weighted by Gasteiger charge is -2.25. The molecular formula is C14H22FNO. The van der Waals surface area contributed by atoms with Crippen LogP contribution in [-0.2, 0) is 11.3 Å². The van der Waals surface area contributed by atoms with E-state index in [-0.39, 0.29) is 11.4 Å². The maximum Gasteiger partial charge on any atom is 0.126 e. The van der Waals surface area contributed by atoms with Gasteiger partial charge in [-0.15, -0.1) is 0 Å². The molecule has 0 amide bonds. The van der Waals surface area contributed by atoms with Crippen LogP contribution in [0, 0.1) is 12.7 Å². The fraction of sp³-hybridized carbons (Fsp3) is 0.571. The number of aryl methyl sites for hydroxylation is 1. The number of benzene rings is 1. The van der Waals surface area contributed by atoms with E-state index in [1.165, 1.54) is 0 Å². The predicted octanol–water partition coefficient (Wildman–Crippen LogP) is 3.04. The molecule has 0 unspecified atom stereocenters. The first-order valence-corrected chi connectivity index (χ1v) is 6.04.